The van der Waals surface area contributed by atoms with Gasteiger partial charge in [-0.05, 0) is 18.3 Å². The van der Waals surface area contributed by atoms with Crippen LogP contribution in [-0.2, 0) is 0 Å². The van der Waals surface area contributed by atoms with E-state index < -0.39 is 0 Å². The van der Waals surface area contributed by atoms with Crippen LogP contribution in [-0.4, -0.2) is 4.73 Å². The largest absolute Gasteiger partial charge is 0.805 e. The number of hydrogen-bond donors (Lipinski definition) is 0. The highest BCUT2D eigenvalue weighted by molar-refractivity contribution is 7.71. The summed E-state index contributed by atoms with van der Waals surface area (Å²) >= 11 is 4.60. The first-order valence-electron chi connectivity index (χ1n) is 2.16. The molecular formula is C5H4NOS-. The van der Waals surface area contributed by atoms with E-state index in [4.69, 9.17) is 0 Å². The topological polar surface area (TPSA) is 28.0 Å². The SMILES string of the molecule is [O-]n1ccccc1=S. The van der Waals surface area contributed by atoms with E-state index in [2.05, 4.69) is 12.2 Å². The standard InChI is InChI=1S/C5H4NOS/c7-6-4-2-1-3-5(6)8/h1-4H/q-1. The summed E-state index contributed by atoms with van der Waals surface area (Å²) < 4.78 is 0.961. The molecule has 0 saturated carbocycles. The molecule has 0 amide bonds. The zero-order valence-corrected chi connectivity index (χ0v) is 4.89. The average Bonchev–Trinajstić information content (AvgIpc) is 1.77. The minimum atomic E-state index is 0.313. The first kappa shape index (κ1) is 5.31. The minimum absolute atomic E-state index is 0.313. The van der Waals surface area contributed by atoms with Crippen molar-refractivity contribution in [2.24, 2.45) is 0 Å². The Labute approximate surface area is 52.0 Å². The second-order valence-electron chi connectivity index (χ2n) is 1.36. The Morgan fingerprint density at radius 3 is 2.62 bits per heavy atom. The molecule has 0 radical (unpaired) electrons. The molecule has 42 valence electrons. The zero-order chi connectivity index (χ0) is 5.98. The van der Waals surface area contributed by atoms with E-state index in [1.54, 1.807) is 18.2 Å². The minimum Gasteiger partial charge on any atom is -0.805 e. The molecule has 0 aliphatic carbocycles. The molecule has 0 bridgehead atoms. The third-order valence-electron chi connectivity index (χ3n) is 0.789. The van der Waals surface area contributed by atoms with Crippen LogP contribution in [0.15, 0.2) is 24.4 Å². The van der Waals surface area contributed by atoms with E-state index in [0.717, 1.165) is 0 Å². The van der Waals surface area contributed by atoms with Crippen molar-refractivity contribution in [1.29, 1.82) is 0 Å². The van der Waals surface area contributed by atoms with Crippen molar-refractivity contribution in [3.8, 4) is 0 Å². The summed E-state index contributed by atoms with van der Waals surface area (Å²) in [5.41, 5.74) is 0. The summed E-state index contributed by atoms with van der Waals surface area (Å²) in [6, 6.07) is 4.96. The maximum absolute atomic E-state index is 10.4. The van der Waals surface area contributed by atoms with E-state index in [1.165, 1.54) is 6.20 Å². The van der Waals surface area contributed by atoms with Gasteiger partial charge in [-0.3, -0.25) is 0 Å². The Hall–Kier alpha value is -0.830. The Balaban J connectivity index is 3.35. The predicted molar refractivity (Wildman–Crippen MR) is 34.0 cm³/mol. The van der Waals surface area contributed by atoms with Crippen molar-refractivity contribution in [3.05, 3.63) is 34.2 Å². The van der Waals surface area contributed by atoms with Crippen LogP contribution in [0.4, 0.5) is 0 Å². The van der Waals surface area contributed by atoms with Crippen LogP contribution in [0.2, 0.25) is 0 Å². The van der Waals surface area contributed by atoms with Crippen molar-refractivity contribution in [1.82, 2.24) is 4.73 Å². The number of rotatable bonds is 0. The fraction of sp³-hybridized carbons (Fsp3) is 0. The van der Waals surface area contributed by atoms with Crippen LogP contribution in [0.25, 0.3) is 0 Å². The highest BCUT2D eigenvalue weighted by Crippen LogP contribution is 1.87. The molecule has 3 heteroatoms. The van der Waals surface area contributed by atoms with Crippen LogP contribution < -0.4 is 0 Å². The normalized spacial score (nSPS) is 9.00. The van der Waals surface area contributed by atoms with Crippen LogP contribution in [0.5, 0.6) is 0 Å². The number of hydrogen-bond acceptors (Lipinski definition) is 2. The Kier molecular flexibility index (Phi) is 1.30. The number of aromatic nitrogens is 1. The summed E-state index contributed by atoms with van der Waals surface area (Å²) in [6.07, 6.45) is 1.38. The third-order valence-corrected chi connectivity index (χ3v) is 1.10. The van der Waals surface area contributed by atoms with Gasteiger partial charge < -0.3 is 9.94 Å². The van der Waals surface area contributed by atoms with Gasteiger partial charge >= 0.3 is 0 Å². The molecule has 0 aliphatic heterocycles. The lowest BCUT2D eigenvalue weighted by molar-refractivity contribution is 1.04. The molecule has 1 heterocycles. The molecular weight excluding hydrogens is 122 g/mol. The fourth-order valence-corrected chi connectivity index (χ4v) is 0.552. The molecule has 0 aliphatic rings. The zero-order valence-electron chi connectivity index (χ0n) is 4.07. The highest BCUT2D eigenvalue weighted by Gasteiger charge is 1.71. The Morgan fingerprint density at radius 1 is 1.50 bits per heavy atom. The van der Waals surface area contributed by atoms with Crippen LogP contribution in [0.3, 0.4) is 0 Å². The summed E-state index contributed by atoms with van der Waals surface area (Å²) in [4.78, 5) is 0. The van der Waals surface area contributed by atoms with Crippen LogP contribution in [0, 0.1) is 9.85 Å². The van der Waals surface area contributed by atoms with E-state index >= 15 is 0 Å². The van der Waals surface area contributed by atoms with Crippen molar-refractivity contribution < 1.29 is 0 Å². The first-order chi connectivity index (χ1) is 3.80. The predicted octanol–water partition coefficient (Wildman–Crippen LogP) is 1.56. The lowest BCUT2D eigenvalue weighted by Crippen LogP contribution is -1.84. The lowest BCUT2D eigenvalue weighted by atomic mass is 10.5. The van der Waals surface area contributed by atoms with Gasteiger partial charge in [0.15, 0.2) is 0 Å². The van der Waals surface area contributed by atoms with Gasteiger partial charge in [0, 0.05) is 0 Å². The molecule has 8 heavy (non-hydrogen) atoms. The molecule has 0 saturated heterocycles. The van der Waals surface area contributed by atoms with Gasteiger partial charge in [0.2, 0.25) is 0 Å². The summed E-state index contributed by atoms with van der Waals surface area (Å²) in [5, 5.41) is 10.4. The van der Waals surface area contributed by atoms with Gasteiger partial charge in [0.25, 0.3) is 0 Å². The third kappa shape index (κ3) is 0.869. The molecule has 0 atom stereocenters. The van der Waals surface area contributed by atoms with Gasteiger partial charge in [-0.2, -0.15) is 0 Å². The highest BCUT2D eigenvalue weighted by atomic mass is 32.1. The Bertz CT molecular complexity index is 230. The molecule has 0 fully saturated rings. The second kappa shape index (κ2) is 1.96. The second-order valence-corrected chi connectivity index (χ2v) is 1.78. The maximum Gasteiger partial charge on any atom is 0.101 e. The number of pyridine rings is 1. The summed E-state index contributed by atoms with van der Waals surface area (Å²) in [6.45, 7) is 0. The van der Waals surface area contributed by atoms with E-state index in [0.29, 0.717) is 9.37 Å². The van der Waals surface area contributed by atoms with Gasteiger partial charge in [0.05, 0.1) is 0 Å². The average molecular weight is 126 g/mol. The van der Waals surface area contributed by atoms with Gasteiger partial charge in [-0.15, -0.1) is 0 Å². The molecule has 2 nitrogen and oxygen atoms in total. The lowest BCUT2D eigenvalue weighted by Gasteiger charge is -2.06. The van der Waals surface area contributed by atoms with Crippen molar-refractivity contribution in [2.75, 3.05) is 0 Å². The van der Waals surface area contributed by atoms with Crippen molar-refractivity contribution in [3.63, 3.8) is 0 Å². The molecule has 1 aromatic rings. The quantitative estimate of drug-likeness (QED) is 0.493. The smallest absolute Gasteiger partial charge is 0.101 e. The van der Waals surface area contributed by atoms with E-state index in [1.807, 2.05) is 0 Å². The molecule has 1 rings (SSSR count). The maximum atomic E-state index is 10.4. The van der Waals surface area contributed by atoms with Crippen molar-refractivity contribution in [2.45, 2.75) is 0 Å². The van der Waals surface area contributed by atoms with E-state index in [-0.39, 0.29) is 0 Å². The fourth-order valence-electron chi connectivity index (χ4n) is 0.413. The van der Waals surface area contributed by atoms with Gasteiger partial charge in [0.1, 0.15) is 4.64 Å². The summed E-state index contributed by atoms with van der Waals surface area (Å²) in [5.74, 6) is 0. The van der Waals surface area contributed by atoms with E-state index in [9.17, 15) is 5.21 Å². The molecule has 1 aromatic heterocycles. The van der Waals surface area contributed by atoms with Crippen LogP contribution >= 0.6 is 12.2 Å². The molecule has 0 spiro atoms. The van der Waals surface area contributed by atoms with Crippen LogP contribution in [0.1, 0.15) is 0 Å². The summed E-state index contributed by atoms with van der Waals surface area (Å²) in [7, 11) is 0. The number of nitrogens with zero attached hydrogens (tertiary/aromatic N) is 1. The Morgan fingerprint density at radius 2 is 2.25 bits per heavy atom. The molecule has 0 unspecified atom stereocenters. The molecule has 0 aromatic carbocycles. The molecule has 0 N–H and O–H groups in total. The van der Waals surface area contributed by atoms with Gasteiger partial charge in [-0.1, -0.05) is 18.3 Å². The first-order valence-corrected chi connectivity index (χ1v) is 2.57. The van der Waals surface area contributed by atoms with Gasteiger partial charge in [-0.25, -0.2) is 0 Å². The monoisotopic (exact) mass is 126 g/mol. The van der Waals surface area contributed by atoms with Crippen molar-refractivity contribution >= 4 is 12.2 Å².